The zero-order valence-corrected chi connectivity index (χ0v) is 13.0. The summed E-state index contributed by atoms with van der Waals surface area (Å²) in [6.07, 6.45) is 1.79. The molecule has 5 heteroatoms. The number of nitrogens with two attached hydrogens (primary N) is 1. The Hall–Kier alpha value is -2.56. The van der Waals surface area contributed by atoms with Gasteiger partial charge in [0.2, 0.25) is 0 Å². The van der Waals surface area contributed by atoms with Crippen LogP contribution in [0.2, 0.25) is 0 Å². The van der Waals surface area contributed by atoms with Gasteiger partial charge in [0.15, 0.2) is 5.96 Å². The first-order chi connectivity index (χ1) is 10.5. The molecule has 1 aromatic heterocycles. The lowest BCUT2D eigenvalue weighted by molar-refractivity contribution is 0.723. The number of pyridine rings is 1. The van der Waals surface area contributed by atoms with Gasteiger partial charge in [-0.3, -0.25) is 4.79 Å². The molecule has 0 radical (unpaired) electrons. The van der Waals surface area contributed by atoms with Crippen molar-refractivity contribution in [1.29, 1.82) is 0 Å². The smallest absolute Gasteiger partial charge is 0.250 e. The molecule has 0 atom stereocenters. The summed E-state index contributed by atoms with van der Waals surface area (Å²) in [5.74, 6) is 0.454. The van der Waals surface area contributed by atoms with Gasteiger partial charge in [0.1, 0.15) is 0 Å². The van der Waals surface area contributed by atoms with Crippen molar-refractivity contribution in [2.45, 2.75) is 33.0 Å². The molecule has 22 heavy (non-hydrogen) atoms. The van der Waals surface area contributed by atoms with Crippen molar-refractivity contribution in [3.63, 3.8) is 0 Å². The van der Waals surface area contributed by atoms with E-state index in [1.165, 1.54) is 0 Å². The summed E-state index contributed by atoms with van der Waals surface area (Å²) in [6, 6.07) is 13.5. The molecule has 1 heterocycles. The van der Waals surface area contributed by atoms with Crippen molar-refractivity contribution < 1.29 is 0 Å². The van der Waals surface area contributed by atoms with Crippen molar-refractivity contribution in [3.05, 3.63) is 70.1 Å². The lowest BCUT2D eigenvalue weighted by Gasteiger charge is -2.09. The lowest BCUT2D eigenvalue weighted by Crippen LogP contribution is -2.36. The molecule has 1 aromatic carbocycles. The molecule has 0 saturated heterocycles. The maximum Gasteiger partial charge on any atom is 0.250 e. The highest BCUT2D eigenvalue weighted by atomic mass is 16.1. The van der Waals surface area contributed by atoms with E-state index in [9.17, 15) is 4.79 Å². The second-order valence-electron chi connectivity index (χ2n) is 5.48. The van der Waals surface area contributed by atoms with Crippen LogP contribution in [-0.4, -0.2) is 16.6 Å². The molecule has 0 amide bonds. The highest BCUT2D eigenvalue weighted by Gasteiger charge is 1.99. The Morgan fingerprint density at radius 3 is 2.50 bits per heavy atom. The number of hydrogen-bond acceptors (Lipinski definition) is 2. The maximum absolute atomic E-state index is 11.7. The number of hydrogen-bond donors (Lipinski definition) is 2. The van der Waals surface area contributed by atoms with Crippen LogP contribution < -0.4 is 16.6 Å². The molecule has 0 saturated carbocycles. The molecule has 0 fully saturated rings. The van der Waals surface area contributed by atoms with Gasteiger partial charge in [-0.15, -0.1) is 0 Å². The predicted molar refractivity (Wildman–Crippen MR) is 89.8 cm³/mol. The fraction of sp³-hybridized carbons (Fsp3) is 0.294. The quantitative estimate of drug-likeness (QED) is 0.652. The summed E-state index contributed by atoms with van der Waals surface area (Å²) >= 11 is 0. The first kappa shape index (κ1) is 15.8. The van der Waals surface area contributed by atoms with Gasteiger partial charge in [-0.05, 0) is 31.0 Å². The minimum Gasteiger partial charge on any atom is -0.370 e. The largest absolute Gasteiger partial charge is 0.370 e. The van der Waals surface area contributed by atoms with Gasteiger partial charge in [-0.2, -0.15) is 0 Å². The number of aromatic nitrogens is 1. The molecule has 5 nitrogen and oxygen atoms in total. The van der Waals surface area contributed by atoms with Crippen molar-refractivity contribution in [1.82, 2.24) is 9.88 Å². The molecule has 2 aromatic rings. The summed E-state index contributed by atoms with van der Waals surface area (Å²) < 4.78 is 1.68. The molecular weight excluding hydrogens is 276 g/mol. The first-order valence-corrected chi connectivity index (χ1v) is 7.34. The van der Waals surface area contributed by atoms with Gasteiger partial charge in [-0.25, -0.2) is 4.99 Å². The van der Waals surface area contributed by atoms with Crippen LogP contribution in [0.4, 0.5) is 0 Å². The highest BCUT2D eigenvalue weighted by Crippen LogP contribution is 2.07. The molecule has 0 aliphatic rings. The zero-order chi connectivity index (χ0) is 15.9. The Morgan fingerprint density at radius 2 is 1.86 bits per heavy atom. The van der Waals surface area contributed by atoms with Gasteiger partial charge in [-0.1, -0.05) is 30.3 Å². The van der Waals surface area contributed by atoms with Gasteiger partial charge in [0.25, 0.3) is 5.56 Å². The fourth-order valence-corrected chi connectivity index (χ4v) is 2.06. The Bertz CT molecular complexity index is 686. The third-order valence-electron chi connectivity index (χ3n) is 3.14. The number of guanidine groups is 1. The summed E-state index contributed by atoms with van der Waals surface area (Å²) in [5.41, 5.74) is 7.93. The molecule has 3 N–H and O–H groups in total. The number of nitrogens with one attached hydrogen (secondary N) is 1. The molecule has 116 valence electrons. The van der Waals surface area contributed by atoms with Crippen LogP contribution in [-0.2, 0) is 13.1 Å². The lowest BCUT2D eigenvalue weighted by atomic mass is 10.1. The molecule has 0 aliphatic carbocycles. The highest BCUT2D eigenvalue weighted by molar-refractivity contribution is 5.78. The molecule has 0 aliphatic heterocycles. The second-order valence-corrected chi connectivity index (χ2v) is 5.48. The van der Waals surface area contributed by atoms with Crippen molar-refractivity contribution >= 4 is 5.96 Å². The Kier molecular flexibility index (Phi) is 5.36. The third kappa shape index (κ3) is 4.77. The van der Waals surface area contributed by atoms with E-state index in [4.69, 9.17) is 5.73 Å². The van der Waals surface area contributed by atoms with Crippen LogP contribution in [0.15, 0.2) is 58.4 Å². The average molecular weight is 298 g/mol. The van der Waals surface area contributed by atoms with Crippen LogP contribution >= 0.6 is 0 Å². The number of rotatable bonds is 5. The van der Waals surface area contributed by atoms with Crippen LogP contribution in [0.5, 0.6) is 0 Å². The van der Waals surface area contributed by atoms with E-state index in [2.05, 4.69) is 10.3 Å². The Morgan fingerprint density at radius 1 is 1.18 bits per heavy atom. The Labute approximate surface area is 130 Å². The number of aliphatic imine (C=N–C) groups is 1. The standard InChI is InChI=1S/C17H22N4O/c1-13(2)20-17(18)19-11-14-6-8-15(9-7-14)12-21-10-4-3-5-16(21)22/h3-10,13H,11-12H2,1-2H3,(H3,18,19,20). The van der Waals surface area contributed by atoms with E-state index in [-0.39, 0.29) is 11.6 Å². The van der Waals surface area contributed by atoms with Crippen LogP contribution in [0.3, 0.4) is 0 Å². The van der Waals surface area contributed by atoms with Crippen LogP contribution in [0, 0.1) is 0 Å². The molecule has 2 rings (SSSR count). The van der Waals surface area contributed by atoms with Crippen LogP contribution in [0.25, 0.3) is 0 Å². The van der Waals surface area contributed by atoms with E-state index in [1.54, 1.807) is 22.9 Å². The van der Waals surface area contributed by atoms with E-state index >= 15 is 0 Å². The summed E-state index contributed by atoms with van der Waals surface area (Å²) in [7, 11) is 0. The summed E-state index contributed by atoms with van der Waals surface area (Å²) in [6.45, 7) is 5.14. The van der Waals surface area contributed by atoms with Crippen molar-refractivity contribution in [2.75, 3.05) is 0 Å². The van der Waals surface area contributed by atoms with Crippen molar-refractivity contribution in [3.8, 4) is 0 Å². The molecule has 0 unspecified atom stereocenters. The molecule has 0 bridgehead atoms. The first-order valence-electron chi connectivity index (χ1n) is 7.34. The zero-order valence-electron chi connectivity index (χ0n) is 13.0. The third-order valence-corrected chi connectivity index (χ3v) is 3.14. The van der Waals surface area contributed by atoms with Gasteiger partial charge in [0, 0.05) is 18.3 Å². The van der Waals surface area contributed by atoms with Crippen molar-refractivity contribution in [2.24, 2.45) is 10.7 Å². The number of nitrogens with zero attached hydrogens (tertiary/aromatic N) is 2. The van der Waals surface area contributed by atoms with E-state index < -0.39 is 0 Å². The van der Waals surface area contributed by atoms with Gasteiger partial charge in [0.05, 0.1) is 13.1 Å². The topological polar surface area (TPSA) is 72.4 Å². The minimum absolute atomic E-state index is 0.00344. The van der Waals surface area contributed by atoms with E-state index in [1.807, 2.05) is 44.2 Å². The molecular formula is C17H22N4O. The van der Waals surface area contributed by atoms with Gasteiger partial charge < -0.3 is 15.6 Å². The normalized spacial score (nSPS) is 11.7. The fourth-order valence-electron chi connectivity index (χ4n) is 2.06. The van der Waals surface area contributed by atoms with E-state index in [0.717, 1.165) is 11.1 Å². The van der Waals surface area contributed by atoms with E-state index in [0.29, 0.717) is 19.0 Å². The predicted octanol–water partition coefficient (Wildman–Crippen LogP) is 1.71. The monoisotopic (exact) mass is 298 g/mol. The summed E-state index contributed by atoms with van der Waals surface area (Å²) in [5, 5.41) is 3.05. The van der Waals surface area contributed by atoms with Crippen LogP contribution in [0.1, 0.15) is 25.0 Å². The summed E-state index contributed by atoms with van der Waals surface area (Å²) in [4.78, 5) is 16.0. The SMILES string of the molecule is CC(C)NC(N)=NCc1ccc(Cn2ccccc2=O)cc1. The maximum atomic E-state index is 11.7. The minimum atomic E-state index is 0.00344. The molecule has 0 spiro atoms. The van der Waals surface area contributed by atoms with Gasteiger partial charge >= 0.3 is 0 Å². The average Bonchev–Trinajstić information content (AvgIpc) is 2.48. The number of benzene rings is 1. The second kappa shape index (κ2) is 7.45. The Balaban J connectivity index is 1.99.